The number of hydrogen-bond donors (Lipinski definition) is 1. The van der Waals surface area contributed by atoms with E-state index < -0.39 is 5.41 Å². The molecule has 2 unspecified atom stereocenters. The van der Waals surface area contributed by atoms with Crippen molar-refractivity contribution in [1.29, 1.82) is 0 Å². The minimum Gasteiger partial charge on any atom is -0.469 e. The predicted octanol–water partition coefficient (Wildman–Crippen LogP) is 0.677. The van der Waals surface area contributed by atoms with Crippen LogP contribution in [0.5, 0.6) is 0 Å². The van der Waals surface area contributed by atoms with Crippen LogP contribution in [0.2, 0.25) is 0 Å². The average Bonchev–Trinajstić information content (AvgIpc) is 2.32. The standard InChI is InChI=1S/C8H15NO2/c1-8(7(10)11-2)5-3-4-6(8)9/h6H,3-5,9H2,1-2H3. The Balaban J connectivity index is 2.72. The first-order valence-corrected chi connectivity index (χ1v) is 3.95. The van der Waals surface area contributed by atoms with Crippen molar-refractivity contribution in [3.63, 3.8) is 0 Å². The summed E-state index contributed by atoms with van der Waals surface area (Å²) in [6, 6.07) is -0.0186. The van der Waals surface area contributed by atoms with Gasteiger partial charge in [-0.15, -0.1) is 0 Å². The SMILES string of the molecule is COC(=O)C1(C)CCCC1N. The van der Waals surface area contributed by atoms with Gasteiger partial charge in [-0.25, -0.2) is 0 Å². The molecule has 1 aliphatic rings. The van der Waals surface area contributed by atoms with Crippen molar-refractivity contribution in [3.05, 3.63) is 0 Å². The molecule has 0 heterocycles. The molecule has 1 saturated carbocycles. The summed E-state index contributed by atoms with van der Waals surface area (Å²) in [5.74, 6) is -0.164. The molecule has 0 saturated heterocycles. The zero-order chi connectivity index (χ0) is 8.48. The molecule has 1 rings (SSSR count). The largest absolute Gasteiger partial charge is 0.469 e. The molecule has 2 atom stereocenters. The molecular formula is C8H15NO2. The molecule has 3 nitrogen and oxygen atoms in total. The van der Waals surface area contributed by atoms with Crippen molar-refractivity contribution in [2.45, 2.75) is 32.2 Å². The fourth-order valence-electron chi connectivity index (χ4n) is 1.68. The second-order valence-electron chi connectivity index (χ2n) is 3.41. The Morgan fingerprint density at radius 3 is 2.73 bits per heavy atom. The second-order valence-corrected chi connectivity index (χ2v) is 3.41. The molecule has 0 bridgehead atoms. The minimum atomic E-state index is -0.422. The van der Waals surface area contributed by atoms with Gasteiger partial charge in [0.25, 0.3) is 0 Å². The van der Waals surface area contributed by atoms with Gasteiger partial charge in [-0.05, 0) is 19.8 Å². The van der Waals surface area contributed by atoms with Crippen LogP contribution in [0.3, 0.4) is 0 Å². The van der Waals surface area contributed by atoms with Gasteiger partial charge in [-0.3, -0.25) is 4.79 Å². The Kier molecular flexibility index (Phi) is 2.18. The Bertz CT molecular complexity index is 169. The highest BCUT2D eigenvalue weighted by Gasteiger charge is 2.43. The Morgan fingerprint density at radius 1 is 1.73 bits per heavy atom. The number of methoxy groups -OCH3 is 1. The third-order valence-corrected chi connectivity index (χ3v) is 2.68. The topological polar surface area (TPSA) is 52.3 Å². The van der Waals surface area contributed by atoms with E-state index in [1.165, 1.54) is 7.11 Å². The van der Waals surface area contributed by atoms with Gasteiger partial charge in [-0.2, -0.15) is 0 Å². The van der Waals surface area contributed by atoms with E-state index in [0.29, 0.717) is 0 Å². The molecule has 1 fully saturated rings. The highest BCUT2D eigenvalue weighted by Crippen LogP contribution is 2.37. The Morgan fingerprint density at radius 2 is 2.36 bits per heavy atom. The third kappa shape index (κ3) is 1.25. The normalized spacial score (nSPS) is 37.2. The fourth-order valence-corrected chi connectivity index (χ4v) is 1.68. The number of nitrogens with two attached hydrogens (primary N) is 1. The number of carbonyl (C=O) groups excluding carboxylic acids is 1. The van der Waals surface area contributed by atoms with E-state index in [-0.39, 0.29) is 12.0 Å². The van der Waals surface area contributed by atoms with Gasteiger partial charge in [0.15, 0.2) is 0 Å². The van der Waals surface area contributed by atoms with Crippen molar-refractivity contribution in [2.24, 2.45) is 11.1 Å². The first kappa shape index (κ1) is 8.53. The maximum Gasteiger partial charge on any atom is 0.313 e. The molecule has 64 valence electrons. The molecule has 1 aliphatic carbocycles. The first-order valence-electron chi connectivity index (χ1n) is 3.95. The summed E-state index contributed by atoms with van der Waals surface area (Å²) >= 11 is 0. The molecule has 0 amide bonds. The summed E-state index contributed by atoms with van der Waals surface area (Å²) in [5, 5.41) is 0. The fraction of sp³-hybridized carbons (Fsp3) is 0.875. The molecule has 0 aliphatic heterocycles. The number of esters is 1. The van der Waals surface area contributed by atoms with Crippen molar-refractivity contribution in [1.82, 2.24) is 0 Å². The van der Waals surface area contributed by atoms with Gasteiger partial charge in [0, 0.05) is 6.04 Å². The van der Waals surface area contributed by atoms with Gasteiger partial charge in [-0.1, -0.05) is 6.42 Å². The maximum absolute atomic E-state index is 11.2. The molecule has 0 aromatic carbocycles. The lowest BCUT2D eigenvalue weighted by molar-refractivity contribution is -0.152. The third-order valence-electron chi connectivity index (χ3n) is 2.68. The summed E-state index contributed by atoms with van der Waals surface area (Å²) in [6.07, 6.45) is 2.83. The number of carbonyl (C=O) groups is 1. The molecular weight excluding hydrogens is 142 g/mol. The average molecular weight is 157 g/mol. The Labute approximate surface area is 66.9 Å². The number of ether oxygens (including phenoxy) is 1. The molecule has 0 aromatic rings. The first-order chi connectivity index (χ1) is 5.11. The van der Waals surface area contributed by atoms with E-state index in [9.17, 15) is 4.79 Å². The van der Waals surface area contributed by atoms with Crippen LogP contribution < -0.4 is 5.73 Å². The van der Waals surface area contributed by atoms with E-state index in [1.54, 1.807) is 0 Å². The second kappa shape index (κ2) is 2.81. The summed E-state index contributed by atoms with van der Waals surface area (Å²) in [7, 11) is 1.42. The number of hydrogen-bond acceptors (Lipinski definition) is 3. The van der Waals surface area contributed by atoms with Crippen molar-refractivity contribution in [2.75, 3.05) is 7.11 Å². The van der Waals surface area contributed by atoms with Crippen LogP contribution in [0.1, 0.15) is 26.2 Å². The van der Waals surface area contributed by atoms with Gasteiger partial charge in [0.05, 0.1) is 12.5 Å². The van der Waals surface area contributed by atoms with Crippen molar-refractivity contribution < 1.29 is 9.53 Å². The van der Waals surface area contributed by atoms with Crippen LogP contribution in [0.25, 0.3) is 0 Å². The quantitative estimate of drug-likeness (QED) is 0.569. The summed E-state index contributed by atoms with van der Waals surface area (Å²) in [4.78, 5) is 11.2. The van der Waals surface area contributed by atoms with Crippen molar-refractivity contribution in [3.8, 4) is 0 Å². The van der Waals surface area contributed by atoms with Crippen LogP contribution in [0.4, 0.5) is 0 Å². The summed E-state index contributed by atoms with van der Waals surface area (Å²) in [5.41, 5.74) is 5.37. The smallest absolute Gasteiger partial charge is 0.313 e. The molecule has 0 aromatic heterocycles. The van der Waals surface area contributed by atoms with Gasteiger partial charge >= 0.3 is 5.97 Å². The lowest BCUT2D eigenvalue weighted by Gasteiger charge is -2.25. The zero-order valence-electron chi connectivity index (χ0n) is 7.09. The van der Waals surface area contributed by atoms with Gasteiger partial charge < -0.3 is 10.5 Å². The Hall–Kier alpha value is -0.570. The lowest BCUT2D eigenvalue weighted by Crippen LogP contribution is -2.41. The minimum absolute atomic E-state index is 0.0186. The van der Waals surface area contributed by atoms with Gasteiger partial charge in [0.2, 0.25) is 0 Å². The highest BCUT2D eigenvalue weighted by molar-refractivity contribution is 5.77. The molecule has 0 radical (unpaired) electrons. The molecule has 3 heteroatoms. The zero-order valence-corrected chi connectivity index (χ0v) is 7.09. The van der Waals surface area contributed by atoms with E-state index in [0.717, 1.165) is 19.3 Å². The van der Waals surface area contributed by atoms with E-state index in [2.05, 4.69) is 4.74 Å². The van der Waals surface area contributed by atoms with Crippen LogP contribution in [-0.2, 0) is 9.53 Å². The van der Waals surface area contributed by atoms with Crippen LogP contribution in [0, 0.1) is 5.41 Å². The van der Waals surface area contributed by atoms with Crippen LogP contribution >= 0.6 is 0 Å². The molecule has 11 heavy (non-hydrogen) atoms. The molecule has 0 spiro atoms. The van der Waals surface area contributed by atoms with Crippen LogP contribution in [0.15, 0.2) is 0 Å². The van der Waals surface area contributed by atoms with Gasteiger partial charge in [0.1, 0.15) is 0 Å². The van der Waals surface area contributed by atoms with Crippen LogP contribution in [-0.4, -0.2) is 19.1 Å². The summed E-state index contributed by atoms with van der Waals surface area (Å²) in [6.45, 7) is 1.89. The molecule has 2 N–H and O–H groups in total. The van der Waals surface area contributed by atoms with Crippen molar-refractivity contribution >= 4 is 5.97 Å². The summed E-state index contributed by atoms with van der Waals surface area (Å²) < 4.78 is 4.69. The predicted molar refractivity (Wildman–Crippen MR) is 41.9 cm³/mol. The van der Waals surface area contributed by atoms with E-state index in [4.69, 9.17) is 5.73 Å². The number of rotatable bonds is 1. The maximum atomic E-state index is 11.2. The monoisotopic (exact) mass is 157 g/mol. The highest BCUT2D eigenvalue weighted by atomic mass is 16.5. The van der Waals surface area contributed by atoms with E-state index >= 15 is 0 Å². The van der Waals surface area contributed by atoms with E-state index in [1.807, 2.05) is 6.92 Å². The lowest BCUT2D eigenvalue weighted by atomic mass is 9.85.